The van der Waals surface area contributed by atoms with Gasteiger partial charge in [0.25, 0.3) is 0 Å². The highest BCUT2D eigenvalue weighted by molar-refractivity contribution is 5.79. The van der Waals surface area contributed by atoms with E-state index in [0.717, 1.165) is 43.8 Å². The Bertz CT molecular complexity index is 809. The lowest BCUT2D eigenvalue weighted by Gasteiger charge is -2.32. The number of methoxy groups -OCH3 is 1. The molecule has 1 aromatic carbocycles. The largest absolute Gasteiger partial charge is 0.497 e. The van der Waals surface area contributed by atoms with Crippen molar-refractivity contribution in [1.82, 2.24) is 15.2 Å². The number of hydrogen-bond acceptors (Lipinski definition) is 5. The van der Waals surface area contributed by atoms with Gasteiger partial charge >= 0.3 is 0 Å². The molecule has 1 unspecified atom stereocenters. The van der Waals surface area contributed by atoms with Crippen LogP contribution in [0.5, 0.6) is 5.75 Å². The zero-order chi connectivity index (χ0) is 20.6. The summed E-state index contributed by atoms with van der Waals surface area (Å²) in [5.41, 5.74) is 2.37. The number of pyridine rings is 1. The second-order valence-electron chi connectivity index (χ2n) is 7.25. The van der Waals surface area contributed by atoms with Gasteiger partial charge in [0.1, 0.15) is 11.6 Å². The zero-order valence-electron chi connectivity index (χ0n) is 17.8. The van der Waals surface area contributed by atoms with Crippen LogP contribution in [0.2, 0.25) is 0 Å². The maximum absolute atomic E-state index is 5.63. The fraction of sp³-hybridized carbons (Fsp3) is 0.455. The molecular formula is C22H31N5O2. The molecule has 0 saturated carbocycles. The molecule has 3 rings (SSSR count). The highest BCUT2D eigenvalue weighted by Gasteiger charge is 2.18. The maximum Gasteiger partial charge on any atom is 0.193 e. The Balaban J connectivity index is 1.57. The van der Waals surface area contributed by atoms with Crippen LogP contribution in [0, 0.1) is 0 Å². The summed E-state index contributed by atoms with van der Waals surface area (Å²) >= 11 is 0. The molecular weight excluding hydrogens is 366 g/mol. The second kappa shape index (κ2) is 10.1. The van der Waals surface area contributed by atoms with Crippen LogP contribution in [0.25, 0.3) is 0 Å². The van der Waals surface area contributed by atoms with Gasteiger partial charge in [0.05, 0.1) is 19.8 Å². The molecule has 0 spiro atoms. The Hall–Kier alpha value is -2.80. The van der Waals surface area contributed by atoms with Gasteiger partial charge < -0.3 is 24.6 Å². The molecule has 1 atom stereocenters. The summed E-state index contributed by atoms with van der Waals surface area (Å²) in [6.07, 6.45) is 2.11. The van der Waals surface area contributed by atoms with Crippen molar-refractivity contribution in [3.63, 3.8) is 0 Å². The molecule has 0 bridgehead atoms. The minimum atomic E-state index is 0.234. The Morgan fingerprint density at radius 1 is 1.31 bits per heavy atom. The van der Waals surface area contributed by atoms with Gasteiger partial charge in [-0.15, -0.1) is 0 Å². The highest BCUT2D eigenvalue weighted by atomic mass is 16.5. The average Bonchev–Trinajstić information content (AvgIpc) is 2.75. The topological polar surface area (TPSA) is 62.2 Å². The van der Waals surface area contributed by atoms with E-state index in [9.17, 15) is 0 Å². The fourth-order valence-corrected chi connectivity index (χ4v) is 3.42. The first-order valence-electron chi connectivity index (χ1n) is 9.95. The lowest BCUT2D eigenvalue weighted by molar-refractivity contribution is 0.0529. The summed E-state index contributed by atoms with van der Waals surface area (Å²) in [5, 5.41) is 3.45. The van der Waals surface area contributed by atoms with E-state index in [2.05, 4.69) is 50.2 Å². The van der Waals surface area contributed by atoms with Gasteiger partial charge in [-0.05, 0) is 42.3 Å². The Morgan fingerprint density at radius 3 is 2.79 bits per heavy atom. The summed E-state index contributed by atoms with van der Waals surface area (Å²) in [6.45, 7) is 6.04. The van der Waals surface area contributed by atoms with E-state index in [1.165, 1.54) is 11.1 Å². The van der Waals surface area contributed by atoms with Crippen LogP contribution in [0.15, 0.2) is 47.6 Å². The normalized spacial score (nSPS) is 17.2. The number of morpholine rings is 1. The predicted molar refractivity (Wildman–Crippen MR) is 117 cm³/mol. The first kappa shape index (κ1) is 20.9. The first-order chi connectivity index (χ1) is 14.1. The maximum atomic E-state index is 5.63. The quantitative estimate of drug-likeness (QED) is 0.597. The first-order valence-corrected chi connectivity index (χ1v) is 9.95. The minimum Gasteiger partial charge on any atom is -0.497 e. The summed E-state index contributed by atoms with van der Waals surface area (Å²) < 4.78 is 10.9. The lowest BCUT2D eigenvalue weighted by atomic mass is 10.2. The number of aliphatic imine (C=N–C) groups is 1. The molecule has 1 saturated heterocycles. The van der Waals surface area contributed by atoms with Crippen molar-refractivity contribution in [2.24, 2.45) is 4.99 Å². The van der Waals surface area contributed by atoms with Crippen LogP contribution in [0.3, 0.4) is 0 Å². The number of benzene rings is 1. The average molecular weight is 398 g/mol. The SMILES string of the molecule is CN=C(NCc1ccnc(N2CCOC(C)C2)c1)N(C)Cc1ccc(OC)cc1. The molecule has 1 N–H and O–H groups in total. The molecule has 0 aliphatic carbocycles. The molecule has 2 heterocycles. The third-order valence-electron chi connectivity index (χ3n) is 4.98. The number of guanidine groups is 1. The summed E-state index contributed by atoms with van der Waals surface area (Å²) in [4.78, 5) is 13.3. The number of aromatic nitrogens is 1. The number of ether oxygens (including phenoxy) is 2. The van der Waals surface area contributed by atoms with Gasteiger partial charge in [-0.3, -0.25) is 4.99 Å². The molecule has 2 aromatic rings. The van der Waals surface area contributed by atoms with Crippen LogP contribution in [0.1, 0.15) is 18.1 Å². The summed E-state index contributed by atoms with van der Waals surface area (Å²) in [7, 11) is 5.52. The van der Waals surface area contributed by atoms with Gasteiger partial charge in [-0.1, -0.05) is 12.1 Å². The van der Waals surface area contributed by atoms with E-state index < -0.39 is 0 Å². The van der Waals surface area contributed by atoms with Crippen molar-refractivity contribution in [1.29, 1.82) is 0 Å². The number of hydrogen-bond donors (Lipinski definition) is 1. The van der Waals surface area contributed by atoms with Crippen LogP contribution in [0.4, 0.5) is 5.82 Å². The minimum absolute atomic E-state index is 0.234. The van der Waals surface area contributed by atoms with Crippen LogP contribution >= 0.6 is 0 Å². The van der Waals surface area contributed by atoms with Crippen LogP contribution in [-0.4, -0.2) is 62.8 Å². The van der Waals surface area contributed by atoms with Crippen molar-refractivity contribution >= 4 is 11.8 Å². The van der Waals surface area contributed by atoms with Crippen LogP contribution < -0.4 is 15.0 Å². The van der Waals surface area contributed by atoms with Gasteiger partial charge in [-0.25, -0.2) is 4.98 Å². The molecule has 29 heavy (non-hydrogen) atoms. The third-order valence-corrected chi connectivity index (χ3v) is 4.98. The van der Waals surface area contributed by atoms with E-state index in [-0.39, 0.29) is 6.10 Å². The van der Waals surface area contributed by atoms with Gasteiger partial charge in [0, 0.05) is 46.5 Å². The fourth-order valence-electron chi connectivity index (χ4n) is 3.42. The van der Waals surface area contributed by atoms with Crippen molar-refractivity contribution in [2.45, 2.75) is 26.1 Å². The molecule has 1 aliphatic rings. The Labute approximate surface area is 173 Å². The molecule has 7 nitrogen and oxygen atoms in total. The number of anilines is 1. The number of rotatable bonds is 6. The summed E-state index contributed by atoms with van der Waals surface area (Å²) in [5.74, 6) is 2.71. The Morgan fingerprint density at radius 2 is 2.10 bits per heavy atom. The molecule has 1 fully saturated rings. The summed E-state index contributed by atoms with van der Waals surface area (Å²) in [6, 6.07) is 12.3. The number of nitrogens with one attached hydrogen (secondary N) is 1. The standard InChI is InChI=1S/C22H31N5O2/c1-17-15-27(11-12-29-17)21-13-19(9-10-24-21)14-25-22(23-2)26(3)16-18-5-7-20(28-4)8-6-18/h5-10,13,17H,11-12,14-16H2,1-4H3,(H,23,25). The molecule has 1 aliphatic heterocycles. The van der Waals surface area contributed by atoms with E-state index in [1.54, 1.807) is 14.2 Å². The zero-order valence-corrected chi connectivity index (χ0v) is 17.8. The molecule has 1 aromatic heterocycles. The molecule has 156 valence electrons. The van der Waals surface area contributed by atoms with Crippen LogP contribution in [-0.2, 0) is 17.8 Å². The lowest BCUT2D eigenvalue weighted by Crippen LogP contribution is -2.41. The van der Waals surface area contributed by atoms with Gasteiger partial charge in [-0.2, -0.15) is 0 Å². The van der Waals surface area contributed by atoms with Gasteiger partial charge in [0.2, 0.25) is 0 Å². The highest BCUT2D eigenvalue weighted by Crippen LogP contribution is 2.17. The van der Waals surface area contributed by atoms with Crippen molar-refractivity contribution in [2.75, 3.05) is 45.8 Å². The van der Waals surface area contributed by atoms with E-state index in [1.807, 2.05) is 31.4 Å². The molecule has 7 heteroatoms. The van der Waals surface area contributed by atoms with Crippen molar-refractivity contribution in [3.8, 4) is 5.75 Å². The van der Waals surface area contributed by atoms with E-state index >= 15 is 0 Å². The third kappa shape index (κ3) is 5.84. The Kier molecular flexibility index (Phi) is 7.30. The van der Waals surface area contributed by atoms with Crippen molar-refractivity contribution < 1.29 is 9.47 Å². The predicted octanol–water partition coefficient (Wildman–Crippen LogP) is 2.52. The van der Waals surface area contributed by atoms with E-state index in [4.69, 9.17) is 9.47 Å². The number of nitrogens with zero attached hydrogens (tertiary/aromatic N) is 4. The van der Waals surface area contributed by atoms with E-state index in [0.29, 0.717) is 6.54 Å². The van der Waals surface area contributed by atoms with Gasteiger partial charge in [0.15, 0.2) is 5.96 Å². The second-order valence-corrected chi connectivity index (χ2v) is 7.25. The van der Waals surface area contributed by atoms with Crippen molar-refractivity contribution in [3.05, 3.63) is 53.7 Å². The molecule has 0 radical (unpaired) electrons. The molecule has 0 amide bonds. The monoisotopic (exact) mass is 397 g/mol. The smallest absolute Gasteiger partial charge is 0.193 e.